The Balaban J connectivity index is 1.82. The van der Waals surface area contributed by atoms with Crippen LogP contribution in [0.1, 0.15) is 52.9 Å². The van der Waals surface area contributed by atoms with Gasteiger partial charge in [-0.2, -0.15) is 0 Å². The highest BCUT2D eigenvalue weighted by Crippen LogP contribution is 2.43. The predicted molar refractivity (Wildman–Crippen MR) is 109 cm³/mol. The van der Waals surface area contributed by atoms with Crippen LogP contribution >= 0.6 is 0 Å². The topological polar surface area (TPSA) is 73.8 Å². The fourth-order valence-electron chi connectivity index (χ4n) is 4.31. The molecule has 0 bridgehead atoms. The van der Waals surface area contributed by atoms with Gasteiger partial charge in [-0.1, -0.05) is 26.7 Å². The molecule has 0 aromatic heterocycles. The maximum atomic E-state index is 11.5. The van der Waals surface area contributed by atoms with Gasteiger partial charge in [-0.3, -0.25) is 9.89 Å². The van der Waals surface area contributed by atoms with Crippen LogP contribution in [0.4, 0.5) is 0 Å². The second kappa shape index (κ2) is 9.93. The zero-order valence-corrected chi connectivity index (χ0v) is 17.7. The van der Waals surface area contributed by atoms with Gasteiger partial charge < -0.3 is 10.6 Å². The largest absolute Gasteiger partial charge is 0.357 e. The van der Waals surface area contributed by atoms with Gasteiger partial charge in [-0.25, -0.2) is 8.42 Å². The van der Waals surface area contributed by atoms with Crippen molar-refractivity contribution in [3.05, 3.63) is 0 Å². The average molecular weight is 387 g/mol. The lowest BCUT2D eigenvalue weighted by Gasteiger charge is -2.30. The van der Waals surface area contributed by atoms with Crippen LogP contribution < -0.4 is 10.6 Å². The Kier molecular flexibility index (Phi) is 8.20. The van der Waals surface area contributed by atoms with E-state index in [1.807, 2.05) is 0 Å². The Hall–Kier alpha value is -0.820. The maximum absolute atomic E-state index is 11.5. The highest BCUT2D eigenvalue weighted by Gasteiger charge is 2.34. The molecule has 1 aliphatic carbocycles. The number of hydrogen-bond donors (Lipinski definition) is 2. The molecule has 7 heteroatoms. The summed E-state index contributed by atoms with van der Waals surface area (Å²) in [7, 11) is -2.80. The molecule has 2 fully saturated rings. The minimum Gasteiger partial charge on any atom is -0.357 e. The molecule has 0 aromatic carbocycles. The van der Waals surface area contributed by atoms with Crippen LogP contribution in [0.2, 0.25) is 0 Å². The number of rotatable bonds is 8. The lowest BCUT2D eigenvalue weighted by molar-refractivity contribution is 0.245. The van der Waals surface area contributed by atoms with E-state index < -0.39 is 9.84 Å². The van der Waals surface area contributed by atoms with E-state index in [1.165, 1.54) is 32.1 Å². The molecule has 6 nitrogen and oxygen atoms in total. The zero-order chi connectivity index (χ0) is 19.0. The first-order valence-electron chi connectivity index (χ1n) is 10.3. The molecule has 2 rings (SSSR count). The van der Waals surface area contributed by atoms with Gasteiger partial charge >= 0.3 is 0 Å². The molecule has 26 heavy (non-hydrogen) atoms. The van der Waals surface area contributed by atoms with Crippen molar-refractivity contribution in [3.8, 4) is 0 Å². The summed E-state index contributed by atoms with van der Waals surface area (Å²) in [6.45, 7) is 11.4. The third kappa shape index (κ3) is 7.06. The van der Waals surface area contributed by atoms with Crippen LogP contribution in [0.15, 0.2) is 4.99 Å². The van der Waals surface area contributed by atoms with Gasteiger partial charge in [-0.15, -0.1) is 0 Å². The lowest BCUT2D eigenvalue weighted by atomic mass is 9.78. The summed E-state index contributed by atoms with van der Waals surface area (Å²) < 4.78 is 23.0. The second-order valence-electron chi connectivity index (χ2n) is 8.42. The Morgan fingerprint density at radius 3 is 2.38 bits per heavy atom. The van der Waals surface area contributed by atoms with Gasteiger partial charge in [0.15, 0.2) is 15.8 Å². The molecular weight excluding hydrogens is 348 g/mol. The third-order valence-electron chi connectivity index (χ3n) is 5.58. The van der Waals surface area contributed by atoms with Crippen molar-refractivity contribution in [2.45, 2.75) is 52.9 Å². The first kappa shape index (κ1) is 21.5. The number of nitrogens with zero attached hydrogens (tertiary/aromatic N) is 2. The first-order valence-corrected chi connectivity index (χ1v) is 12.1. The molecule has 0 radical (unpaired) electrons. The molecule has 2 N–H and O–H groups in total. The molecule has 1 heterocycles. The van der Waals surface area contributed by atoms with E-state index in [2.05, 4.69) is 36.3 Å². The summed E-state index contributed by atoms with van der Waals surface area (Å²) in [5.41, 5.74) is 0.387. The molecule has 0 aromatic rings. The van der Waals surface area contributed by atoms with Gasteiger partial charge in [-0.05, 0) is 37.5 Å². The quantitative estimate of drug-likeness (QED) is 0.492. The first-order chi connectivity index (χ1) is 12.3. The maximum Gasteiger partial charge on any atom is 0.191 e. The van der Waals surface area contributed by atoms with Crippen LogP contribution in [-0.2, 0) is 9.84 Å². The Morgan fingerprint density at radius 2 is 1.81 bits per heavy atom. The van der Waals surface area contributed by atoms with Crippen molar-refractivity contribution >= 4 is 15.8 Å². The molecule has 0 spiro atoms. The molecule has 0 unspecified atom stereocenters. The Labute approximate surface area is 160 Å². The van der Waals surface area contributed by atoms with E-state index in [1.54, 1.807) is 0 Å². The van der Waals surface area contributed by atoms with E-state index in [4.69, 9.17) is 4.99 Å². The van der Waals surface area contributed by atoms with Crippen molar-refractivity contribution < 1.29 is 8.42 Å². The molecule has 152 valence electrons. The van der Waals surface area contributed by atoms with Crippen molar-refractivity contribution in [1.82, 2.24) is 15.5 Å². The van der Waals surface area contributed by atoms with Gasteiger partial charge in [0.05, 0.1) is 11.5 Å². The molecule has 1 aliphatic heterocycles. The molecule has 1 saturated heterocycles. The van der Waals surface area contributed by atoms with Gasteiger partial charge in [0.1, 0.15) is 0 Å². The molecule has 0 amide bonds. The zero-order valence-electron chi connectivity index (χ0n) is 16.9. The van der Waals surface area contributed by atoms with Crippen LogP contribution in [0.3, 0.4) is 0 Å². The summed E-state index contributed by atoms with van der Waals surface area (Å²) in [4.78, 5) is 7.12. The minimum absolute atomic E-state index is 0.291. The minimum atomic E-state index is -2.80. The number of nitrogens with one attached hydrogen (secondary N) is 2. The van der Waals surface area contributed by atoms with Crippen molar-refractivity contribution in [2.75, 3.05) is 50.8 Å². The summed E-state index contributed by atoms with van der Waals surface area (Å²) in [5, 5.41) is 6.78. The van der Waals surface area contributed by atoms with Crippen molar-refractivity contribution in [2.24, 2.45) is 16.3 Å². The number of aliphatic imine (C=N–C) groups is 1. The summed E-state index contributed by atoms with van der Waals surface area (Å²) in [6, 6.07) is 0. The number of hydrogen-bond acceptors (Lipinski definition) is 4. The van der Waals surface area contributed by atoms with E-state index in [-0.39, 0.29) is 0 Å². The van der Waals surface area contributed by atoms with E-state index in [0.717, 1.165) is 32.1 Å². The molecular formula is C19H38N4O2S. The molecule has 2 aliphatic rings. The van der Waals surface area contributed by atoms with Crippen LogP contribution in [0.25, 0.3) is 0 Å². The lowest BCUT2D eigenvalue weighted by Crippen LogP contribution is -2.46. The fraction of sp³-hybridized carbons (Fsp3) is 0.947. The van der Waals surface area contributed by atoms with E-state index >= 15 is 0 Å². The smallest absolute Gasteiger partial charge is 0.191 e. The highest BCUT2D eigenvalue weighted by atomic mass is 32.2. The Bertz CT molecular complexity index is 540. The van der Waals surface area contributed by atoms with Gasteiger partial charge in [0.2, 0.25) is 0 Å². The summed E-state index contributed by atoms with van der Waals surface area (Å²) >= 11 is 0. The van der Waals surface area contributed by atoms with Crippen LogP contribution in [0, 0.1) is 11.3 Å². The number of guanidine groups is 1. The molecule has 0 atom stereocenters. The summed E-state index contributed by atoms with van der Waals surface area (Å²) in [6.07, 6.45) is 6.54. The SMILES string of the molecule is CCNC(=NCC1(CC(C)C)CCCC1)NCCN1CCS(=O)(=O)CC1. The van der Waals surface area contributed by atoms with Gasteiger partial charge in [0, 0.05) is 39.3 Å². The molecule has 1 saturated carbocycles. The Morgan fingerprint density at radius 1 is 1.15 bits per heavy atom. The van der Waals surface area contributed by atoms with Crippen molar-refractivity contribution in [1.29, 1.82) is 0 Å². The standard InChI is InChI=1S/C19H38N4O2S/c1-4-20-18(21-9-10-23-11-13-26(24,25)14-12-23)22-16-19(15-17(2)3)7-5-6-8-19/h17H,4-16H2,1-3H3,(H2,20,21,22). The van der Waals surface area contributed by atoms with Crippen molar-refractivity contribution in [3.63, 3.8) is 0 Å². The number of sulfone groups is 1. The monoisotopic (exact) mass is 386 g/mol. The van der Waals surface area contributed by atoms with Crippen LogP contribution in [0.5, 0.6) is 0 Å². The average Bonchev–Trinajstić information content (AvgIpc) is 3.02. The normalized spacial score (nSPS) is 23.3. The summed E-state index contributed by atoms with van der Waals surface area (Å²) in [5.74, 6) is 2.19. The fourth-order valence-corrected chi connectivity index (χ4v) is 5.59. The van der Waals surface area contributed by atoms with Crippen LogP contribution in [-0.4, -0.2) is 70.1 Å². The third-order valence-corrected chi connectivity index (χ3v) is 7.19. The highest BCUT2D eigenvalue weighted by molar-refractivity contribution is 7.91. The van der Waals surface area contributed by atoms with E-state index in [0.29, 0.717) is 35.9 Å². The second-order valence-corrected chi connectivity index (χ2v) is 10.7. The van der Waals surface area contributed by atoms with Gasteiger partial charge in [0.25, 0.3) is 0 Å². The van der Waals surface area contributed by atoms with E-state index in [9.17, 15) is 8.42 Å². The predicted octanol–water partition coefficient (Wildman–Crippen LogP) is 1.88.